The molecule has 4 heterocycles. The highest BCUT2D eigenvalue weighted by Crippen LogP contribution is 2.43. The summed E-state index contributed by atoms with van der Waals surface area (Å²) < 4.78 is 36.7. The molecule has 2 aromatic carbocycles. The third-order valence-corrected chi connectivity index (χ3v) is 9.88. The van der Waals surface area contributed by atoms with Crippen LogP contribution in [-0.4, -0.2) is 77.0 Å². The highest BCUT2D eigenvalue weighted by molar-refractivity contribution is 7.11. The minimum atomic E-state index is -2.09. The third kappa shape index (κ3) is 5.75. The van der Waals surface area contributed by atoms with Crippen LogP contribution in [0.5, 0.6) is 0 Å². The number of carboxylic acids is 1. The molecule has 3 aliphatic heterocycles. The second-order valence-electron chi connectivity index (χ2n) is 12.0. The average Bonchev–Trinajstić information content (AvgIpc) is 3.65. The summed E-state index contributed by atoms with van der Waals surface area (Å²) in [5.41, 5.74) is 1.60. The SMILES string of the molecule is CCOC(=O)C1=C(CN2CC[C@]3(F)C(=O)N(c4cc(C)cc(C(=O)O)c4)C[C@@H]3C2)CC(c2nccs2)=N[C@H]1c1cccc(F)c1C. The maximum absolute atomic E-state index is 16.4. The number of amides is 1. The zero-order chi connectivity index (χ0) is 32.7. The summed E-state index contributed by atoms with van der Waals surface area (Å²) in [7, 11) is 0. The largest absolute Gasteiger partial charge is 0.478 e. The van der Waals surface area contributed by atoms with Crippen molar-refractivity contribution < 1.29 is 33.0 Å². The van der Waals surface area contributed by atoms with Gasteiger partial charge in [-0.25, -0.2) is 23.4 Å². The number of halogens is 2. The van der Waals surface area contributed by atoms with Crippen molar-refractivity contribution in [3.05, 3.63) is 92.2 Å². The number of carbonyl (C=O) groups excluding carboxylic acids is 2. The molecule has 3 aromatic rings. The van der Waals surface area contributed by atoms with Crippen molar-refractivity contribution in [3.8, 4) is 0 Å². The monoisotopic (exact) mass is 648 g/mol. The molecule has 1 aromatic heterocycles. The molecule has 0 unspecified atom stereocenters. The molecule has 1 N–H and O–H groups in total. The van der Waals surface area contributed by atoms with Gasteiger partial charge in [-0.3, -0.25) is 14.7 Å². The highest BCUT2D eigenvalue weighted by Gasteiger charge is 2.57. The summed E-state index contributed by atoms with van der Waals surface area (Å²) >= 11 is 1.42. The molecule has 0 bridgehead atoms. The number of rotatable bonds is 8. The van der Waals surface area contributed by atoms with Gasteiger partial charge in [0.05, 0.1) is 23.5 Å². The Balaban J connectivity index is 1.33. The number of piperidine rings is 1. The van der Waals surface area contributed by atoms with E-state index in [1.165, 1.54) is 34.4 Å². The number of alkyl halides is 1. The number of aryl methyl sites for hydroxylation is 1. The first-order valence-electron chi connectivity index (χ1n) is 15.2. The molecule has 9 nitrogen and oxygen atoms in total. The lowest BCUT2D eigenvalue weighted by atomic mass is 9.83. The number of aromatic carboxylic acids is 1. The summed E-state index contributed by atoms with van der Waals surface area (Å²) in [6.45, 7) is 6.13. The number of benzene rings is 2. The molecule has 240 valence electrons. The van der Waals surface area contributed by atoms with E-state index in [2.05, 4.69) is 4.98 Å². The summed E-state index contributed by atoms with van der Waals surface area (Å²) in [5.74, 6) is -3.41. The Labute approximate surface area is 269 Å². The Morgan fingerprint density at radius 2 is 2.00 bits per heavy atom. The molecule has 3 aliphatic rings. The Bertz CT molecular complexity index is 1770. The molecule has 0 spiro atoms. The second kappa shape index (κ2) is 12.5. The minimum absolute atomic E-state index is 0.0312. The van der Waals surface area contributed by atoms with Gasteiger partial charge in [-0.15, -0.1) is 11.3 Å². The summed E-state index contributed by atoms with van der Waals surface area (Å²) in [4.78, 5) is 51.5. The quantitative estimate of drug-likeness (QED) is 0.323. The van der Waals surface area contributed by atoms with E-state index in [9.17, 15) is 23.9 Å². The Morgan fingerprint density at radius 3 is 2.72 bits per heavy atom. The zero-order valence-electron chi connectivity index (χ0n) is 25.8. The van der Waals surface area contributed by atoms with Gasteiger partial charge in [0.2, 0.25) is 0 Å². The number of hydrogen-bond acceptors (Lipinski definition) is 8. The number of carboxylic acid groups (broad SMARTS) is 1. The van der Waals surface area contributed by atoms with Crippen LogP contribution in [0.4, 0.5) is 14.5 Å². The fourth-order valence-electron chi connectivity index (χ4n) is 6.77. The van der Waals surface area contributed by atoms with Crippen LogP contribution in [0, 0.1) is 25.6 Å². The van der Waals surface area contributed by atoms with E-state index in [1.807, 2.05) is 10.3 Å². The highest BCUT2D eigenvalue weighted by atomic mass is 32.1. The molecular formula is C34H34F2N4O5S. The number of esters is 1. The fraction of sp³-hybridized carbons (Fsp3) is 0.382. The molecule has 0 aliphatic carbocycles. The Morgan fingerprint density at radius 1 is 1.20 bits per heavy atom. The average molecular weight is 649 g/mol. The van der Waals surface area contributed by atoms with Crippen LogP contribution in [0.15, 0.2) is 64.1 Å². The first kappa shape index (κ1) is 31.7. The van der Waals surface area contributed by atoms with Crippen LogP contribution in [0.2, 0.25) is 0 Å². The van der Waals surface area contributed by atoms with E-state index < -0.39 is 41.3 Å². The molecule has 46 heavy (non-hydrogen) atoms. The number of thiazole rings is 1. The van der Waals surface area contributed by atoms with Crippen molar-refractivity contribution in [1.82, 2.24) is 9.88 Å². The lowest BCUT2D eigenvalue weighted by Gasteiger charge is -2.38. The number of hydrogen-bond donors (Lipinski definition) is 1. The first-order valence-corrected chi connectivity index (χ1v) is 16.1. The van der Waals surface area contributed by atoms with Gasteiger partial charge in [-0.2, -0.15) is 0 Å². The van der Waals surface area contributed by atoms with E-state index in [0.29, 0.717) is 45.1 Å². The van der Waals surface area contributed by atoms with E-state index in [4.69, 9.17) is 9.73 Å². The number of dihydropyridines is 1. The van der Waals surface area contributed by atoms with Gasteiger partial charge >= 0.3 is 11.9 Å². The van der Waals surface area contributed by atoms with Crippen molar-refractivity contribution in [2.45, 2.75) is 45.3 Å². The van der Waals surface area contributed by atoms with Gasteiger partial charge in [0.15, 0.2) is 5.67 Å². The summed E-state index contributed by atoms with van der Waals surface area (Å²) in [6, 6.07) is 8.49. The first-order chi connectivity index (χ1) is 22.0. The van der Waals surface area contributed by atoms with Crippen LogP contribution in [0.1, 0.15) is 57.9 Å². The van der Waals surface area contributed by atoms with Crippen molar-refractivity contribution >= 4 is 40.6 Å². The number of nitrogens with zero attached hydrogens (tertiary/aromatic N) is 4. The van der Waals surface area contributed by atoms with Gasteiger partial charge in [0.25, 0.3) is 5.91 Å². The predicted molar refractivity (Wildman–Crippen MR) is 170 cm³/mol. The molecule has 2 saturated heterocycles. The molecule has 2 fully saturated rings. The van der Waals surface area contributed by atoms with Crippen molar-refractivity contribution in [1.29, 1.82) is 0 Å². The van der Waals surface area contributed by atoms with Gasteiger partial charge in [0, 0.05) is 62.2 Å². The Hall–Kier alpha value is -4.29. The lowest BCUT2D eigenvalue weighted by Crippen LogP contribution is -2.51. The summed E-state index contributed by atoms with van der Waals surface area (Å²) in [6.07, 6.45) is 1.93. The maximum atomic E-state index is 16.4. The van der Waals surface area contributed by atoms with E-state index in [1.54, 1.807) is 45.2 Å². The Kier molecular flexibility index (Phi) is 8.60. The molecule has 0 saturated carbocycles. The van der Waals surface area contributed by atoms with Crippen LogP contribution < -0.4 is 4.90 Å². The second-order valence-corrected chi connectivity index (χ2v) is 12.9. The third-order valence-electron chi connectivity index (χ3n) is 9.06. The van der Waals surface area contributed by atoms with Crippen LogP contribution >= 0.6 is 11.3 Å². The number of fused-ring (bicyclic) bond motifs is 1. The normalized spacial score (nSPS) is 23.4. The lowest BCUT2D eigenvalue weighted by molar-refractivity contribution is -0.139. The van der Waals surface area contributed by atoms with Gasteiger partial charge in [-0.05, 0) is 67.3 Å². The maximum Gasteiger partial charge on any atom is 0.336 e. The number of aliphatic imine (C=N–C) groups is 1. The van der Waals surface area contributed by atoms with Gasteiger partial charge in [-0.1, -0.05) is 12.1 Å². The molecule has 0 radical (unpaired) electrons. The molecule has 12 heteroatoms. The molecule has 1 amide bonds. The molecular weight excluding hydrogens is 614 g/mol. The van der Waals surface area contributed by atoms with Crippen molar-refractivity contribution in [2.24, 2.45) is 10.9 Å². The zero-order valence-corrected chi connectivity index (χ0v) is 26.6. The molecule has 6 rings (SSSR count). The van der Waals surface area contributed by atoms with Gasteiger partial charge in [0.1, 0.15) is 16.9 Å². The van der Waals surface area contributed by atoms with E-state index in [0.717, 1.165) is 5.57 Å². The number of ether oxygens (including phenoxy) is 1. The number of anilines is 1. The van der Waals surface area contributed by atoms with E-state index >= 15 is 4.39 Å². The number of aromatic nitrogens is 1. The smallest absolute Gasteiger partial charge is 0.336 e. The van der Waals surface area contributed by atoms with Crippen LogP contribution in [0.25, 0.3) is 0 Å². The van der Waals surface area contributed by atoms with Crippen molar-refractivity contribution in [2.75, 3.05) is 37.7 Å². The fourth-order valence-corrected chi connectivity index (χ4v) is 7.40. The van der Waals surface area contributed by atoms with Crippen molar-refractivity contribution in [3.63, 3.8) is 0 Å². The number of likely N-dealkylation sites (tertiary alicyclic amines) is 1. The van der Waals surface area contributed by atoms with Crippen LogP contribution in [0.3, 0.4) is 0 Å². The topological polar surface area (TPSA) is 112 Å². The minimum Gasteiger partial charge on any atom is -0.478 e. The number of carbonyl (C=O) groups is 3. The summed E-state index contributed by atoms with van der Waals surface area (Å²) in [5, 5.41) is 12.1. The molecule has 3 atom stereocenters. The standard InChI is InChI=1S/C34H34F2N4O5S/c1-4-45-32(43)28-22(15-27(30-37-9-11-46-30)38-29(28)25-6-5-7-26(35)20(25)3)16-39-10-8-34(36)23(17-39)18-40(33(34)44)24-13-19(2)12-21(14-24)31(41)42/h5-7,9,11-14,23,29H,4,8,10,15-18H2,1-3H3,(H,41,42)/t23-,29-,34+/m0/s1. The predicted octanol–water partition coefficient (Wildman–Crippen LogP) is 5.47. The van der Waals surface area contributed by atoms with E-state index in [-0.39, 0.29) is 44.8 Å². The van der Waals surface area contributed by atoms with Crippen LogP contribution in [-0.2, 0) is 14.3 Å². The van der Waals surface area contributed by atoms with Gasteiger partial charge < -0.3 is 14.7 Å².